The minimum Gasteiger partial charge on any atom is -1.00 e. The molecule has 0 amide bonds. The summed E-state index contributed by atoms with van der Waals surface area (Å²) in [6.45, 7) is 2.24. The van der Waals surface area contributed by atoms with Crippen LogP contribution in [0.5, 0.6) is 0 Å². The van der Waals surface area contributed by atoms with Gasteiger partial charge in [0.25, 0.3) is 0 Å². The zero-order valence-electron chi connectivity index (χ0n) is 12.1. The van der Waals surface area contributed by atoms with Gasteiger partial charge in [0.1, 0.15) is 0 Å². The Balaban J connectivity index is -0.000000980. The molecule has 0 heterocycles. The predicted molar refractivity (Wildman–Crippen MR) is 65.2 cm³/mol. The van der Waals surface area contributed by atoms with Crippen molar-refractivity contribution in [1.82, 2.24) is 0 Å². The SMILES string of the molecule is CCCCCCCCCCCCC(=O)O.[Cs+].[H-]. The fourth-order valence-electron chi connectivity index (χ4n) is 1.76. The van der Waals surface area contributed by atoms with Crippen LogP contribution in [0.25, 0.3) is 0 Å². The van der Waals surface area contributed by atoms with Gasteiger partial charge in [-0.25, -0.2) is 0 Å². The number of hydrogen-bond acceptors (Lipinski definition) is 1. The van der Waals surface area contributed by atoms with Crippen molar-refractivity contribution in [3.8, 4) is 0 Å². The van der Waals surface area contributed by atoms with Gasteiger partial charge in [0.2, 0.25) is 0 Å². The summed E-state index contributed by atoms with van der Waals surface area (Å²) in [6.07, 6.45) is 12.9. The maximum atomic E-state index is 10.2. The van der Waals surface area contributed by atoms with Gasteiger partial charge in [0, 0.05) is 6.42 Å². The molecule has 0 bridgehead atoms. The van der Waals surface area contributed by atoms with Crippen LogP contribution in [0.3, 0.4) is 0 Å². The average Bonchev–Trinajstić information content (AvgIpc) is 2.20. The van der Waals surface area contributed by atoms with E-state index in [0.717, 1.165) is 12.8 Å². The largest absolute Gasteiger partial charge is 1.00 e. The van der Waals surface area contributed by atoms with Crippen molar-refractivity contribution < 1.29 is 80.2 Å². The molecule has 0 atom stereocenters. The molecule has 0 aliphatic heterocycles. The molecular formula is C13H27CsO2. The summed E-state index contributed by atoms with van der Waals surface area (Å²) in [5, 5.41) is 8.44. The normalized spacial score (nSPS) is 9.81. The van der Waals surface area contributed by atoms with Gasteiger partial charge in [0.05, 0.1) is 0 Å². The van der Waals surface area contributed by atoms with E-state index in [1.165, 1.54) is 51.4 Å². The molecule has 0 radical (unpaired) electrons. The second-order valence-corrected chi connectivity index (χ2v) is 4.33. The Labute approximate surface area is 161 Å². The minimum atomic E-state index is -0.658. The number of aliphatic carboxylic acids is 1. The molecule has 92 valence electrons. The van der Waals surface area contributed by atoms with E-state index in [0.29, 0.717) is 6.42 Å². The number of carboxylic acids is 1. The Hall–Kier alpha value is 1.52. The van der Waals surface area contributed by atoms with E-state index in [1.54, 1.807) is 0 Å². The first-order chi connectivity index (χ1) is 7.27. The smallest absolute Gasteiger partial charge is 1.00 e. The Morgan fingerprint density at radius 3 is 1.62 bits per heavy atom. The maximum absolute atomic E-state index is 10.2. The van der Waals surface area contributed by atoms with Crippen LogP contribution in [-0.2, 0) is 4.79 Å². The number of unbranched alkanes of at least 4 members (excludes halogenated alkanes) is 9. The van der Waals surface area contributed by atoms with Crippen LogP contribution in [0.15, 0.2) is 0 Å². The Morgan fingerprint density at radius 1 is 0.875 bits per heavy atom. The van der Waals surface area contributed by atoms with Crippen molar-refractivity contribution in [3.63, 3.8) is 0 Å². The topological polar surface area (TPSA) is 37.3 Å². The van der Waals surface area contributed by atoms with Gasteiger partial charge in [-0.2, -0.15) is 0 Å². The van der Waals surface area contributed by atoms with E-state index in [-0.39, 0.29) is 70.3 Å². The fraction of sp³-hybridized carbons (Fsp3) is 0.923. The van der Waals surface area contributed by atoms with Gasteiger partial charge in [-0.3, -0.25) is 4.79 Å². The van der Waals surface area contributed by atoms with Crippen molar-refractivity contribution in [1.29, 1.82) is 0 Å². The minimum absolute atomic E-state index is 0. The molecule has 0 aliphatic rings. The van der Waals surface area contributed by atoms with Crippen molar-refractivity contribution in [2.45, 2.75) is 77.6 Å². The first kappa shape index (κ1) is 19.9. The van der Waals surface area contributed by atoms with Gasteiger partial charge < -0.3 is 6.53 Å². The third-order valence-electron chi connectivity index (χ3n) is 2.74. The monoisotopic (exact) mass is 348 g/mol. The summed E-state index contributed by atoms with van der Waals surface area (Å²) in [7, 11) is 0. The summed E-state index contributed by atoms with van der Waals surface area (Å²) < 4.78 is 0. The van der Waals surface area contributed by atoms with Crippen molar-refractivity contribution in [3.05, 3.63) is 0 Å². The molecule has 2 nitrogen and oxygen atoms in total. The fourth-order valence-corrected chi connectivity index (χ4v) is 1.76. The van der Waals surface area contributed by atoms with Crippen LogP contribution < -0.4 is 68.9 Å². The molecule has 0 saturated carbocycles. The Morgan fingerprint density at radius 2 is 1.25 bits per heavy atom. The molecule has 3 heteroatoms. The van der Waals surface area contributed by atoms with Gasteiger partial charge in [-0.05, 0) is 6.42 Å². The van der Waals surface area contributed by atoms with E-state index in [1.807, 2.05) is 0 Å². The summed E-state index contributed by atoms with van der Waals surface area (Å²) in [5.41, 5.74) is 0. The second-order valence-electron chi connectivity index (χ2n) is 4.33. The zero-order chi connectivity index (χ0) is 11.4. The molecule has 0 aromatic carbocycles. The van der Waals surface area contributed by atoms with Crippen LogP contribution in [0.2, 0.25) is 0 Å². The molecule has 0 spiro atoms. The quantitative estimate of drug-likeness (QED) is 0.575. The van der Waals surface area contributed by atoms with E-state index in [4.69, 9.17) is 5.11 Å². The summed E-state index contributed by atoms with van der Waals surface area (Å²) >= 11 is 0. The summed E-state index contributed by atoms with van der Waals surface area (Å²) in [6, 6.07) is 0. The second kappa shape index (κ2) is 16.5. The molecule has 0 aromatic rings. The molecule has 0 aliphatic carbocycles. The molecule has 16 heavy (non-hydrogen) atoms. The molecular weight excluding hydrogens is 321 g/mol. The Bertz CT molecular complexity index is 154. The van der Waals surface area contributed by atoms with Crippen molar-refractivity contribution in [2.75, 3.05) is 0 Å². The Kier molecular flexibility index (Phi) is 20.5. The number of carbonyl (C=O) groups is 1. The molecule has 1 N–H and O–H groups in total. The standard InChI is InChI=1S/C13H26O2.Cs.H/c1-2-3-4-5-6-7-8-9-10-11-12-13(14)15;;/h2-12H2,1H3,(H,14,15);;/q;+1;-1. The molecule has 0 rings (SSSR count). The van der Waals surface area contributed by atoms with Crippen molar-refractivity contribution in [2.24, 2.45) is 0 Å². The molecule has 0 aromatic heterocycles. The summed E-state index contributed by atoms with van der Waals surface area (Å²) in [5.74, 6) is -0.658. The zero-order valence-corrected chi connectivity index (χ0v) is 17.4. The van der Waals surface area contributed by atoms with E-state index in [2.05, 4.69) is 6.92 Å². The van der Waals surface area contributed by atoms with Crippen LogP contribution >= 0.6 is 0 Å². The maximum Gasteiger partial charge on any atom is 1.00 e. The summed E-state index contributed by atoms with van der Waals surface area (Å²) in [4.78, 5) is 10.2. The van der Waals surface area contributed by atoms with Crippen LogP contribution in [-0.4, -0.2) is 11.1 Å². The molecule has 0 unspecified atom stereocenters. The van der Waals surface area contributed by atoms with E-state index >= 15 is 0 Å². The third kappa shape index (κ3) is 17.9. The van der Waals surface area contributed by atoms with Crippen molar-refractivity contribution >= 4 is 5.97 Å². The van der Waals surface area contributed by atoms with E-state index in [9.17, 15) is 4.79 Å². The van der Waals surface area contributed by atoms with Gasteiger partial charge >= 0.3 is 74.9 Å². The average molecular weight is 348 g/mol. The number of hydrogen-bond donors (Lipinski definition) is 1. The van der Waals surface area contributed by atoms with E-state index < -0.39 is 5.97 Å². The first-order valence-electron chi connectivity index (χ1n) is 6.49. The first-order valence-corrected chi connectivity index (χ1v) is 6.49. The van der Waals surface area contributed by atoms with Crippen LogP contribution in [0, 0.1) is 0 Å². The molecule has 0 fully saturated rings. The predicted octanol–water partition coefficient (Wildman–Crippen LogP) is 1.50. The van der Waals surface area contributed by atoms with Crippen LogP contribution in [0.4, 0.5) is 0 Å². The number of carboxylic acid groups (broad SMARTS) is 1. The third-order valence-corrected chi connectivity index (χ3v) is 2.74. The molecule has 0 saturated heterocycles. The van der Waals surface area contributed by atoms with Gasteiger partial charge in [0.15, 0.2) is 0 Å². The number of rotatable bonds is 11. The van der Waals surface area contributed by atoms with Gasteiger partial charge in [-0.15, -0.1) is 0 Å². The van der Waals surface area contributed by atoms with Crippen LogP contribution in [0.1, 0.15) is 79.0 Å². The van der Waals surface area contributed by atoms with Gasteiger partial charge in [-0.1, -0.05) is 64.7 Å².